The van der Waals surface area contributed by atoms with Crippen LogP contribution >= 0.6 is 11.6 Å². The summed E-state index contributed by atoms with van der Waals surface area (Å²) < 4.78 is 0. The number of nitrogens with one attached hydrogen (secondary N) is 1. The van der Waals surface area contributed by atoms with Gasteiger partial charge in [-0.25, -0.2) is 0 Å². The summed E-state index contributed by atoms with van der Waals surface area (Å²) in [7, 11) is 0. The normalized spacial score (nSPS) is 20.3. The lowest BCUT2D eigenvalue weighted by molar-refractivity contribution is -0.0166. The van der Waals surface area contributed by atoms with Crippen LogP contribution in [0.15, 0.2) is 29.4 Å². The van der Waals surface area contributed by atoms with E-state index in [1.165, 1.54) is 0 Å². The summed E-state index contributed by atoms with van der Waals surface area (Å²) in [6.07, 6.45) is -0.226. The van der Waals surface area contributed by atoms with Crippen molar-refractivity contribution >= 4 is 17.3 Å². The van der Waals surface area contributed by atoms with Gasteiger partial charge in [-0.2, -0.15) is 0 Å². The van der Waals surface area contributed by atoms with Gasteiger partial charge in [0, 0.05) is 24.0 Å². The van der Waals surface area contributed by atoms with Crippen molar-refractivity contribution < 1.29 is 9.94 Å². The molecule has 0 spiro atoms. The van der Waals surface area contributed by atoms with E-state index in [-0.39, 0.29) is 6.10 Å². The Morgan fingerprint density at radius 2 is 2.11 bits per heavy atom. The van der Waals surface area contributed by atoms with Crippen molar-refractivity contribution in [2.24, 2.45) is 5.16 Å². The summed E-state index contributed by atoms with van der Waals surface area (Å²) in [5.41, 5.74) is 1.83. The van der Waals surface area contributed by atoms with Gasteiger partial charge in [-0.1, -0.05) is 42.7 Å². The second-order valence-electron chi connectivity index (χ2n) is 5.02. The summed E-state index contributed by atoms with van der Waals surface area (Å²) in [6, 6.07) is 7.80. The molecule has 2 atom stereocenters. The average Bonchev–Trinajstić information content (AvgIpc) is 2.86. The van der Waals surface area contributed by atoms with Gasteiger partial charge >= 0.3 is 0 Å². The third-order valence-corrected chi connectivity index (χ3v) is 3.29. The van der Waals surface area contributed by atoms with Crippen molar-refractivity contribution in [1.82, 2.24) is 5.32 Å². The number of aliphatic hydroxyl groups is 1. The van der Waals surface area contributed by atoms with E-state index >= 15 is 0 Å². The molecule has 4 nitrogen and oxygen atoms in total. The fourth-order valence-electron chi connectivity index (χ4n) is 1.90. The highest BCUT2D eigenvalue weighted by molar-refractivity contribution is 6.30. The number of aliphatic hydroxyl groups excluding tert-OH is 1. The molecule has 0 aromatic heterocycles. The van der Waals surface area contributed by atoms with Gasteiger partial charge in [0.1, 0.15) is 6.10 Å². The van der Waals surface area contributed by atoms with Crippen molar-refractivity contribution in [3.8, 4) is 0 Å². The van der Waals surface area contributed by atoms with Crippen molar-refractivity contribution in [1.29, 1.82) is 0 Å². The smallest absolute Gasteiger partial charge is 0.160 e. The van der Waals surface area contributed by atoms with Crippen LogP contribution in [0.3, 0.4) is 0 Å². The monoisotopic (exact) mass is 282 g/mol. The summed E-state index contributed by atoms with van der Waals surface area (Å²) in [5, 5.41) is 18.0. The highest BCUT2D eigenvalue weighted by atomic mass is 35.5. The van der Waals surface area contributed by atoms with E-state index in [0.29, 0.717) is 24.0 Å². The molecule has 2 N–H and O–H groups in total. The Hall–Kier alpha value is -1.10. The summed E-state index contributed by atoms with van der Waals surface area (Å²) in [6.45, 7) is 4.58. The van der Waals surface area contributed by atoms with Crippen LogP contribution in [-0.4, -0.2) is 35.6 Å². The van der Waals surface area contributed by atoms with Gasteiger partial charge in [0.05, 0.1) is 5.71 Å². The van der Waals surface area contributed by atoms with Gasteiger partial charge in [-0.15, -0.1) is 0 Å². The van der Waals surface area contributed by atoms with E-state index in [2.05, 4.69) is 10.5 Å². The quantitative estimate of drug-likeness (QED) is 0.870. The fourth-order valence-corrected chi connectivity index (χ4v) is 2.03. The Morgan fingerprint density at radius 3 is 2.74 bits per heavy atom. The molecule has 0 saturated heterocycles. The zero-order valence-electron chi connectivity index (χ0n) is 11.1. The van der Waals surface area contributed by atoms with Crippen LogP contribution < -0.4 is 5.32 Å². The Labute approximate surface area is 118 Å². The summed E-state index contributed by atoms with van der Waals surface area (Å²) in [4.78, 5) is 5.31. The SMILES string of the molecule is CC(C)NC[C@H](O)[C@@H]1CC(c2ccc(Cl)cc2)=NO1. The van der Waals surface area contributed by atoms with Crippen LogP contribution in [0.2, 0.25) is 5.02 Å². The van der Waals surface area contributed by atoms with E-state index in [0.717, 1.165) is 11.3 Å². The lowest BCUT2D eigenvalue weighted by atomic mass is 10.0. The van der Waals surface area contributed by atoms with Crippen LogP contribution in [0.5, 0.6) is 0 Å². The average molecular weight is 283 g/mol. The molecule has 0 fully saturated rings. The maximum atomic E-state index is 10.0. The Kier molecular flexibility index (Phi) is 4.80. The number of hydrogen-bond acceptors (Lipinski definition) is 4. The second kappa shape index (κ2) is 6.37. The lowest BCUT2D eigenvalue weighted by Crippen LogP contribution is -2.39. The van der Waals surface area contributed by atoms with E-state index in [1.54, 1.807) is 0 Å². The van der Waals surface area contributed by atoms with Gasteiger partial charge < -0.3 is 15.3 Å². The van der Waals surface area contributed by atoms with E-state index in [9.17, 15) is 5.11 Å². The van der Waals surface area contributed by atoms with Crippen molar-refractivity contribution in [2.45, 2.75) is 38.5 Å². The molecule has 1 heterocycles. The summed E-state index contributed by atoms with van der Waals surface area (Å²) in [5.74, 6) is 0. The minimum atomic E-state index is -0.559. The third-order valence-electron chi connectivity index (χ3n) is 3.03. The topological polar surface area (TPSA) is 53.8 Å². The van der Waals surface area contributed by atoms with E-state index in [1.807, 2.05) is 38.1 Å². The number of benzene rings is 1. The van der Waals surface area contributed by atoms with Crippen LogP contribution in [0.4, 0.5) is 0 Å². The molecule has 5 heteroatoms. The first-order chi connectivity index (χ1) is 9.06. The highest BCUT2D eigenvalue weighted by Crippen LogP contribution is 2.20. The zero-order chi connectivity index (χ0) is 13.8. The van der Waals surface area contributed by atoms with Crippen LogP contribution in [0.1, 0.15) is 25.8 Å². The molecule has 104 valence electrons. The van der Waals surface area contributed by atoms with Gasteiger partial charge in [-0.05, 0) is 17.7 Å². The molecule has 1 aliphatic heterocycles. The molecular formula is C14H19ClN2O2. The Balaban J connectivity index is 1.90. The van der Waals surface area contributed by atoms with Crippen molar-refractivity contribution in [3.63, 3.8) is 0 Å². The first kappa shape index (κ1) is 14.3. The Bertz CT molecular complexity index is 445. The molecular weight excluding hydrogens is 264 g/mol. The number of nitrogens with zero attached hydrogens (tertiary/aromatic N) is 1. The first-order valence-corrected chi connectivity index (χ1v) is 6.84. The molecule has 0 amide bonds. The maximum absolute atomic E-state index is 10.0. The maximum Gasteiger partial charge on any atom is 0.160 e. The number of hydrogen-bond donors (Lipinski definition) is 2. The predicted molar refractivity (Wildman–Crippen MR) is 76.6 cm³/mol. The van der Waals surface area contributed by atoms with Crippen LogP contribution in [-0.2, 0) is 4.84 Å². The van der Waals surface area contributed by atoms with E-state index < -0.39 is 6.10 Å². The number of halogens is 1. The fraction of sp³-hybridized carbons (Fsp3) is 0.500. The molecule has 0 radical (unpaired) electrons. The third kappa shape index (κ3) is 3.93. The Morgan fingerprint density at radius 1 is 1.42 bits per heavy atom. The standard InChI is InChI=1S/C14H19ClN2O2/c1-9(2)16-8-13(18)14-7-12(17-19-14)10-3-5-11(15)6-4-10/h3-6,9,13-14,16,18H,7-8H2,1-2H3/t13-,14-/m0/s1. The molecule has 0 bridgehead atoms. The molecule has 1 aliphatic rings. The molecule has 1 aromatic rings. The summed E-state index contributed by atoms with van der Waals surface area (Å²) >= 11 is 5.85. The van der Waals surface area contributed by atoms with Crippen LogP contribution in [0.25, 0.3) is 0 Å². The largest absolute Gasteiger partial charge is 0.389 e. The van der Waals surface area contributed by atoms with Gasteiger partial charge in [0.25, 0.3) is 0 Å². The minimum absolute atomic E-state index is 0.281. The van der Waals surface area contributed by atoms with Gasteiger partial charge in [0.15, 0.2) is 6.10 Å². The molecule has 19 heavy (non-hydrogen) atoms. The van der Waals surface area contributed by atoms with Crippen molar-refractivity contribution in [2.75, 3.05) is 6.54 Å². The predicted octanol–water partition coefficient (Wildman–Crippen LogP) is 2.19. The van der Waals surface area contributed by atoms with Crippen LogP contribution in [0, 0.1) is 0 Å². The molecule has 1 aromatic carbocycles. The van der Waals surface area contributed by atoms with Crippen molar-refractivity contribution in [3.05, 3.63) is 34.9 Å². The van der Waals surface area contributed by atoms with E-state index in [4.69, 9.17) is 16.4 Å². The van der Waals surface area contributed by atoms with Gasteiger partial charge in [0.2, 0.25) is 0 Å². The molecule has 2 rings (SSSR count). The zero-order valence-corrected chi connectivity index (χ0v) is 11.9. The number of oxime groups is 1. The lowest BCUT2D eigenvalue weighted by Gasteiger charge is -2.18. The number of rotatable bonds is 5. The highest BCUT2D eigenvalue weighted by Gasteiger charge is 2.28. The molecule has 0 aliphatic carbocycles. The minimum Gasteiger partial charge on any atom is -0.389 e. The molecule has 0 unspecified atom stereocenters. The first-order valence-electron chi connectivity index (χ1n) is 6.46. The second-order valence-corrected chi connectivity index (χ2v) is 5.46. The van der Waals surface area contributed by atoms with Gasteiger partial charge in [-0.3, -0.25) is 0 Å². The molecule has 0 saturated carbocycles.